The van der Waals surface area contributed by atoms with Gasteiger partial charge in [0, 0.05) is 31.7 Å². The van der Waals surface area contributed by atoms with Crippen LogP contribution in [0.4, 0.5) is 0 Å². The number of nitrogens with one attached hydrogen (secondary N) is 1. The molecule has 0 bridgehead atoms. The van der Waals surface area contributed by atoms with Crippen LogP contribution >= 0.6 is 0 Å². The molecule has 3 N–H and O–H groups in total. The zero-order valence-corrected chi connectivity index (χ0v) is 15.8. The van der Waals surface area contributed by atoms with Crippen molar-refractivity contribution >= 4 is 15.9 Å². The standard InChI is InChI=1S/C17H29N3O3S/c1-5-24(22,23)19-12-14-6-8-15(9-7-14)17(21)20(4)11-10-16(18)13(2)3/h6-9,13,16,19H,5,10-12,18H2,1-4H3. The molecule has 1 atom stereocenters. The second-order valence-electron chi connectivity index (χ2n) is 6.34. The maximum Gasteiger partial charge on any atom is 0.253 e. The molecular weight excluding hydrogens is 326 g/mol. The summed E-state index contributed by atoms with van der Waals surface area (Å²) < 4.78 is 25.4. The Balaban J connectivity index is 2.59. The molecule has 0 aliphatic heterocycles. The highest BCUT2D eigenvalue weighted by Crippen LogP contribution is 2.09. The molecule has 0 aliphatic rings. The van der Waals surface area contributed by atoms with E-state index in [9.17, 15) is 13.2 Å². The van der Waals surface area contributed by atoms with Crippen LogP contribution in [0, 0.1) is 5.92 Å². The fourth-order valence-corrected chi connectivity index (χ4v) is 2.65. The van der Waals surface area contributed by atoms with Crippen LogP contribution in [0.2, 0.25) is 0 Å². The minimum atomic E-state index is -3.22. The van der Waals surface area contributed by atoms with Crippen LogP contribution in [0.3, 0.4) is 0 Å². The molecular formula is C17H29N3O3S. The van der Waals surface area contributed by atoms with Crippen LogP contribution in [-0.4, -0.2) is 44.6 Å². The molecule has 0 saturated heterocycles. The van der Waals surface area contributed by atoms with Crippen LogP contribution in [-0.2, 0) is 16.6 Å². The molecule has 0 heterocycles. The number of sulfonamides is 1. The average Bonchev–Trinajstić information content (AvgIpc) is 2.57. The number of carbonyl (C=O) groups excluding carboxylic acids is 1. The van der Waals surface area contributed by atoms with Gasteiger partial charge in [0.1, 0.15) is 0 Å². The summed E-state index contributed by atoms with van der Waals surface area (Å²) in [5.74, 6) is 0.374. The van der Waals surface area contributed by atoms with E-state index in [1.165, 1.54) is 0 Å². The lowest BCUT2D eigenvalue weighted by Crippen LogP contribution is -2.34. The zero-order valence-electron chi connectivity index (χ0n) is 15.0. The molecule has 6 nitrogen and oxygen atoms in total. The summed E-state index contributed by atoms with van der Waals surface area (Å²) in [4.78, 5) is 14.0. The summed E-state index contributed by atoms with van der Waals surface area (Å²) in [6.45, 7) is 6.56. The Morgan fingerprint density at radius 1 is 1.25 bits per heavy atom. The van der Waals surface area contributed by atoms with Gasteiger partial charge in [-0.25, -0.2) is 13.1 Å². The van der Waals surface area contributed by atoms with E-state index in [4.69, 9.17) is 5.73 Å². The lowest BCUT2D eigenvalue weighted by molar-refractivity contribution is 0.0789. The number of rotatable bonds is 9. The van der Waals surface area contributed by atoms with E-state index in [0.29, 0.717) is 18.0 Å². The number of nitrogens with two attached hydrogens (primary N) is 1. The van der Waals surface area contributed by atoms with Gasteiger partial charge in [-0.3, -0.25) is 4.79 Å². The van der Waals surface area contributed by atoms with Gasteiger partial charge in [0.2, 0.25) is 10.0 Å². The van der Waals surface area contributed by atoms with Crippen LogP contribution in [0.1, 0.15) is 43.1 Å². The minimum Gasteiger partial charge on any atom is -0.342 e. The second kappa shape index (κ2) is 9.15. The van der Waals surface area contributed by atoms with Crippen LogP contribution in [0.15, 0.2) is 24.3 Å². The first kappa shape index (κ1) is 20.6. The van der Waals surface area contributed by atoms with Gasteiger partial charge in [0.05, 0.1) is 5.75 Å². The van der Waals surface area contributed by atoms with E-state index in [1.54, 1.807) is 43.1 Å². The van der Waals surface area contributed by atoms with Gasteiger partial charge >= 0.3 is 0 Å². The molecule has 0 aliphatic carbocycles. The maximum absolute atomic E-state index is 12.4. The number of hydrogen-bond donors (Lipinski definition) is 2. The highest BCUT2D eigenvalue weighted by molar-refractivity contribution is 7.89. The summed E-state index contributed by atoms with van der Waals surface area (Å²) in [5, 5.41) is 0. The van der Waals surface area contributed by atoms with Crippen molar-refractivity contribution in [1.29, 1.82) is 0 Å². The van der Waals surface area contributed by atoms with Crippen molar-refractivity contribution in [1.82, 2.24) is 9.62 Å². The Morgan fingerprint density at radius 3 is 2.33 bits per heavy atom. The number of benzene rings is 1. The Kier molecular flexibility index (Phi) is 7.86. The summed E-state index contributed by atoms with van der Waals surface area (Å²) in [7, 11) is -1.45. The Bertz CT molecular complexity index is 627. The number of carbonyl (C=O) groups is 1. The fourth-order valence-electron chi connectivity index (χ4n) is 2.06. The van der Waals surface area contributed by atoms with Crippen molar-refractivity contribution in [2.24, 2.45) is 11.7 Å². The lowest BCUT2D eigenvalue weighted by atomic mass is 10.0. The van der Waals surface area contributed by atoms with Crippen LogP contribution in [0.25, 0.3) is 0 Å². The normalized spacial score (nSPS) is 13.1. The third-order valence-electron chi connectivity index (χ3n) is 4.08. The molecule has 1 unspecified atom stereocenters. The minimum absolute atomic E-state index is 0.0485. The van der Waals surface area contributed by atoms with E-state index in [-0.39, 0.29) is 24.2 Å². The van der Waals surface area contributed by atoms with Crippen molar-refractivity contribution in [2.75, 3.05) is 19.3 Å². The topological polar surface area (TPSA) is 92.5 Å². The molecule has 1 rings (SSSR count). The molecule has 0 spiro atoms. The molecule has 1 aromatic carbocycles. The van der Waals surface area contributed by atoms with E-state index >= 15 is 0 Å². The van der Waals surface area contributed by atoms with Crippen molar-refractivity contribution in [3.05, 3.63) is 35.4 Å². The molecule has 24 heavy (non-hydrogen) atoms. The molecule has 0 radical (unpaired) electrons. The Labute approximate surface area is 145 Å². The smallest absolute Gasteiger partial charge is 0.253 e. The van der Waals surface area contributed by atoms with Gasteiger partial charge in [-0.1, -0.05) is 26.0 Å². The van der Waals surface area contributed by atoms with E-state index in [2.05, 4.69) is 18.6 Å². The zero-order chi connectivity index (χ0) is 18.3. The third-order valence-corrected chi connectivity index (χ3v) is 5.42. The maximum atomic E-state index is 12.4. The average molecular weight is 356 g/mol. The molecule has 1 aromatic rings. The van der Waals surface area contributed by atoms with Gasteiger partial charge in [-0.2, -0.15) is 0 Å². The number of nitrogens with zero attached hydrogens (tertiary/aromatic N) is 1. The molecule has 136 valence electrons. The highest BCUT2D eigenvalue weighted by atomic mass is 32.2. The summed E-state index contributed by atoms with van der Waals surface area (Å²) in [5.41, 5.74) is 7.40. The van der Waals surface area contributed by atoms with Gasteiger partial charge in [-0.15, -0.1) is 0 Å². The third kappa shape index (κ3) is 6.59. The SMILES string of the molecule is CCS(=O)(=O)NCc1ccc(C(=O)N(C)CCC(N)C(C)C)cc1. The summed E-state index contributed by atoms with van der Waals surface area (Å²) in [6, 6.07) is 7.04. The second-order valence-corrected chi connectivity index (χ2v) is 8.44. The van der Waals surface area contributed by atoms with Crippen molar-refractivity contribution in [3.63, 3.8) is 0 Å². The molecule has 7 heteroatoms. The molecule has 0 fully saturated rings. The van der Waals surface area contributed by atoms with Gasteiger partial charge in [0.25, 0.3) is 5.91 Å². The molecule has 1 amide bonds. The Morgan fingerprint density at radius 2 is 1.83 bits per heavy atom. The Hall–Kier alpha value is -1.44. The first-order chi connectivity index (χ1) is 11.2. The van der Waals surface area contributed by atoms with Gasteiger partial charge < -0.3 is 10.6 Å². The largest absolute Gasteiger partial charge is 0.342 e. The van der Waals surface area contributed by atoms with Crippen molar-refractivity contribution in [3.8, 4) is 0 Å². The highest BCUT2D eigenvalue weighted by Gasteiger charge is 2.14. The van der Waals surface area contributed by atoms with Crippen LogP contribution < -0.4 is 10.5 Å². The lowest BCUT2D eigenvalue weighted by Gasteiger charge is -2.21. The van der Waals surface area contributed by atoms with Gasteiger partial charge in [-0.05, 0) is 37.0 Å². The first-order valence-electron chi connectivity index (χ1n) is 8.23. The predicted octanol–water partition coefficient (Wildman–Crippen LogP) is 1.57. The summed E-state index contributed by atoms with van der Waals surface area (Å²) in [6.07, 6.45) is 0.761. The molecule has 0 aromatic heterocycles. The predicted molar refractivity (Wildman–Crippen MR) is 97.1 cm³/mol. The van der Waals surface area contributed by atoms with E-state index < -0.39 is 10.0 Å². The van der Waals surface area contributed by atoms with Crippen LogP contribution in [0.5, 0.6) is 0 Å². The summed E-state index contributed by atoms with van der Waals surface area (Å²) >= 11 is 0. The van der Waals surface area contributed by atoms with E-state index in [1.807, 2.05) is 0 Å². The van der Waals surface area contributed by atoms with Gasteiger partial charge in [0.15, 0.2) is 0 Å². The van der Waals surface area contributed by atoms with E-state index in [0.717, 1.165) is 12.0 Å². The van der Waals surface area contributed by atoms with Crippen molar-refractivity contribution < 1.29 is 13.2 Å². The fraction of sp³-hybridized carbons (Fsp3) is 0.588. The molecule has 0 saturated carbocycles. The first-order valence-corrected chi connectivity index (χ1v) is 9.88. The quantitative estimate of drug-likeness (QED) is 0.703. The number of hydrogen-bond acceptors (Lipinski definition) is 4. The number of amides is 1. The van der Waals surface area contributed by atoms with Crippen molar-refractivity contribution in [2.45, 2.75) is 39.8 Å². The monoisotopic (exact) mass is 355 g/mol.